The highest BCUT2D eigenvalue weighted by Crippen LogP contribution is 2.57. The lowest BCUT2D eigenvalue weighted by Crippen LogP contribution is -2.28. The lowest BCUT2D eigenvalue weighted by atomic mass is 9.67. The van der Waals surface area contributed by atoms with E-state index in [0.717, 1.165) is 41.6 Å². The average Bonchev–Trinajstić information content (AvgIpc) is 3.41. The molecule has 2 N–H and O–H groups in total. The number of hydrogen-bond donors (Lipinski definition) is 2. The van der Waals surface area contributed by atoms with Crippen molar-refractivity contribution in [3.8, 4) is 22.6 Å². The molecule has 49 heavy (non-hydrogen) atoms. The van der Waals surface area contributed by atoms with Gasteiger partial charge in [-0.05, 0) is 124 Å². The summed E-state index contributed by atoms with van der Waals surface area (Å²) in [4.78, 5) is 21.9. The molecule has 0 atom stereocenters. The Morgan fingerprint density at radius 1 is 0.571 bits per heavy atom. The number of hydrogen-bond acceptors (Lipinski definition) is 4. The maximum absolute atomic E-state index is 10.9. The maximum atomic E-state index is 10.9. The van der Waals surface area contributed by atoms with Crippen molar-refractivity contribution < 1.29 is 29.3 Å². The molecule has 246 valence electrons. The molecule has 0 radical (unpaired) electrons. The second-order valence-electron chi connectivity index (χ2n) is 12.2. The van der Waals surface area contributed by atoms with Crippen molar-refractivity contribution in [2.75, 3.05) is 13.2 Å². The van der Waals surface area contributed by atoms with Crippen LogP contribution in [0.1, 0.15) is 47.9 Å². The van der Waals surface area contributed by atoms with Crippen LogP contribution in [0, 0.1) is 0 Å². The van der Waals surface area contributed by atoms with Crippen molar-refractivity contribution in [2.45, 2.75) is 31.1 Å². The number of aliphatic carboxylic acids is 2. The number of benzene rings is 6. The van der Waals surface area contributed by atoms with Crippen molar-refractivity contribution in [1.82, 2.24) is 0 Å². The van der Waals surface area contributed by atoms with E-state index < -0.39 is 17.4 Å². The molecule has 0 unspecified atom stereocenters. The summed E-state index contributed by atoms with van der Waals surface area (Å²) in [6.45, 7) is 0.642. The van der Waals surface area contributed by atoms with Crippen molar-refractivity contribution in [1.29, 1.82) is 0 Å². The molecule has 0 heterocycles. The molecule has 0 fully saturated rings. The van der Waals surface area contributed by atoms with E-state index in [9.17, 15) is 9.59 Å². The molecule has 6 nitrogen and oxygen atoms in total. The Bertz CT molecular complexity index is 2090. The predicted molar refractivity (Wildman–Crippen MR) is 199 cm³/mol. The molecule has 0 bridgehead atoms. The Morgan fingerprint density at radius 2 is 1.00 bits per heavy atom. The van der Waals surface area contributed by atoms with Crippen LogP contribution in [0.4, 0.5) is 0 Å². The summed E-state index contributed by atoms with van der Waals surface area (Å²) in [5.41, 5.74) is 6.50. The number of rotatable bonds is 12. The topological polar surface area (TPSA) is 93.1 Å². The molecule has 7 rings (SSSR count). The Morgan fingerprint density at radius 3 is 1.43 bits per heavy atom. The van der Waals surface area contributed by atoms with E-state index in [4.69, 9.17) is 19.7 Å². The zero-order valence-electron chi connectivity index (χ0n) is 26.4. The number of carboxylic acids is 2. The van der Waals surface area contributed by atoms with Crippen molar-refractivity contribution in [2.24, 2.45) is 0 Å². The second kappa shape index (κ2) is 13.7. The molecule has 1 aliphatic rings. The van der Waals surface area contributed by atoms with Crippen LogP contribution in [0.15, 0.2) is 118 Å². The number of fused-ring (bicyclic) bond motifs is 5. The number of halogens is 2. The smallest absolute Gasteiger partial charge is 0.303 e. The lowest BCUT2D eigenvalue weighted by Gasteiger charge is -2.34. The van der Waals surface area contributed by atoms with Crippen LogP contribution in [0.25, 0.3) is 32.7 Å². The highest BCUT2D eigenvalue weighted by molar-refractivity contribution is 9.11. The maximum Gasteiger partial charge on any atom is 0.303 e. The van der Waals surface area contributed by atoms with E-state index >= 15 is 0 Å². The van der Waals surface area contributed by atoms with Crippen LogP contribution in [-0.4, -0.2) is 35.4 Å². The van der Waals surface area contributed by atoms with Gasteiger partial charge in [-0.25, -0.2) is 0 Å². The normalized spacial score (nSPS) is 12.9. The van der Waals surface area contributed by atoms with Gasteiger partial charge < -0.3 is 19.7 Å². The number of carboxylic acid groups (broad SMARTS) is 2. The van der Waals surface area contributed by atoms with E-state index in [1.54, 1.807) is 0 Å². The first-order chi connectivity index (χ1) is 23.8. The minimum Gasteiger partial charge on any atom is -0.492 e. The molecule has 0 saturated carbocycles. The standard InChI is InChI=1S/C41H32Br2O6/c42-39-29-17-15-27(23-25(29)13-19-35(39)48-21-5-11-37(44)45)41(33-9-3-1-7-31(33)32-8-2-4-10-34(32)41)28-16-18-30-26(24-28)14-20-36(40(30)43)49-22-6-12-38(46)47/h1-4,7-10,13-20,23-24H,5-6,11-12,21-22H2,(H,44,45)(H,46,47). The highest BCUT2D eigenvalue weighted by Gasteiger charge is 2.46. The first-order valence-corrected chi connectivity index (χ1v) is 17.7. The third-order valence-electron chi connectivity index (χ3n) is 9.24. The fourth-order valence-electron chi connectivity index (χ4n) is 7.07. The van der Waals surface area contributed by atoms with Crippen LogP contribution in [0.3, 0.4) is 0 Å². The van der Waals surface area contributed by atoms with E-state index in [-0.39, 0.29) is 12.8 Å². The summed E-state index contributed by atoms with van der Waals surface area (Å²) < 4.78 is 13.6. The van der Waals surface area contributed by atoms with Gasteiger partial charge in [0.15, 0.2) is 0 Å². The van der Waals surface area contributed by atoms with Crippen LogP contribution in [0.2, 0.25) is 0 Å². The largest absolute Gasteiger partial charge is 0.492 e. The first-order valence-electron chi connectivity index (χ1n) is 16.1. The Balaban J connectivity index is 1.35. The second-order valence-corrected chi connectivity index (χ2v) is 13.7. The molecule has 0 aromatic heterocycles. The molecular formula is C41H32Br2O6. The van der Waals surface area contributed by atoms with Gasteiger partial charge in [0, 0.05) is 12.8 Å². The van der Waals surface area contributed by atoms with Crippen LogP contribution >= 0.6 is 31.9 Å². The molecule has 0 spiro atoms. The van der Waals surface area contributed by atoms with Gasteiger partial charge in [0.1, 0.15) is 11.5 Å². The van der Waals surface area contributed by atoms with E-state index in [1.807, 2.05) is 12.1 Å². The predicted octanol–water partition coefficient (Wildman–Crippen LogP) is 10.4. The molecule has 6 aromatic rings. The highest BCUT2D eigenvalue weighted by atomic mass is 79.9. The molecule has 0 saturated heterocycles. The van der Waals surface area contributed by atoms with Crippen molar-refractivity contribution >= 4 is 65.3 Å². The zero-order valence-corrected chi connectivity index (χ0v) is 29.6. The monoisotopic (exact) mass is 778 g/mol. The third kappa shape index (κ3) is 5.97. The Labute approximate surface area is 300 Å². The summed E-state index contributed by atoms with van der Waals surface area (Å²) in [6, 6.07) is 38.5. The van der Waals surface area contributed by atoms with Crippen LogP contribution in [0.5, 0.6) is 11.5 Å². The van der Waals surface area contributed by atoms with Crippen molar-refractivity contribution in [3.05, 3.63) is 140 Å². The van der Waals surface area contributed by atoms with E-state index in [0.29, 0.717) is 37.6 Å². The van der Waals surface area contributed by atoms with E-state index in [1.165, 1.54) is 22.3 Å². The SMILES string of the molecule is O=C(O)CCCOc1ccc2cc(C3(c4ccc5c(Br)c(OCCCC(=O)O)ccc5c4)c4ccccc4-c4ccccc43)ccc2c1Br. The number of carbonyl (C=O) groups is 2. The van der Waals surface area contributed by atoms with Crippen LogP contribution in [-0.2, 0) is 15.0 Å². The molecule has 0 amide bonds. The summed E-state index contributed by atoms with van der Waals surface area (Å²) in [5, 5.41) is 22.1. The van der Waals surface area contributed by atoms with E-state index in [2.05, 4.69) is 129 Å². The molecule has 0 aliphatic heterocycles. The molecular weight excluding hydrogens is 748 g/mol. The van der Waals surface area contributed by atoms with Gasteiger partial charge in [-0.15, -0.1) is 0 Å². The zero-order chi connectivity index (χ0) is 34.1. The molecule has 8 heteroatoms. The molecule has 6 aromatic carbocycles. The van der Waals surface area contributed by atoms with Gasteiger partial charge in [0.05, 0.1) is 27.6 Å². The van der Waals surface area contributed by atoms with Gasteiger partial charge in [0.25, 0.3) is 0 Å². The van der Waals surface area contributed by atoms with Gasteiger partial charge in [-0.2, -0.15) is 0 Å². The number of ether oxygens (including phenoxy) is 2. The third-order valence-corrected chi connectivity index (χ3v) is 10.9. The Hall–Kier alpha value is -4.66. The summed E-state index contributed by atoms with van der Waals surface area (Å²) in [5.74, 6) is -0.301. The van der Waals surface area contributed by atoms with Gasteiger partial charge in [-0.3, -0.25) is 9.59 Å². The minimum absolute atomic E-state index is 0.0643. The average molecular weight is 781 g/mol. The Kier molecular flexibility index (Phi) is 9.18. The molecule has 1 aliphatic carbocycles. The summed E-state index contributed by atoms with van der Waals surface area (Å²) >= 11 is 7.53. The van der Waals surface area contributed by atoms with Gasteiger partial charge >= 0.3 is 11.9 Å². The summed E-state index contributed by atoms with van der Waals surface area (Å²) in [6.07, 6.45) is 0.997. The minimum atomic E-state index is -0.833. The fourth-order valence-corrected chi connectivity index (χ4v) is 8.28. The summed E-state index contributed by atoms with van der Waals surface area (Å²) in [7, 11) is 0. The fraction of sp³-hybridized carbons (Fsp3) is 0.171. The van der Waals surface area contributed by atoms with Gasteiger partial charge in [-0.1, -0.05) is 84.9 Å². The van der Waals surface area contributed by atoms with Crippen LogP contribution < -0.4 is 9.47 Å². The quantitative estimate of drug-likeness (QED) is 0.120. The van der Waals surface area contributed by atoms with Gasteiger partial charge in [0.2, 0.25) is 0 Å². The first kappa shape index (κ1) is 32.9. The lowest BCUT2D eigenvalue weighted by molar-refractivity contribution is -0.138. The van der Waals surface area contributed by atoms with Crippen molar-refractivity contribution in [3.63, 3.8) is 0 Å².